The summed E-state index contributed by atoms with van der Waals surface area (Å²) in [5, 5.41) is 0. The molecule has 0 rings (SSSR count). The maximum atomic E-state index is 0. The summed E-state index contributed by atoms with van der Waals surface area (Å²) >= 11 is 0. The SMILES string of the molecule is P.S.[Cr].[Si]. The summed E-state index contributed by atoms with van der Waals surface area (Å²) in [5.41, 5.74) is 0. The quantitative estimate of drug-likeness (QED) is 0.329. The molecule has 0 amide bonds. The Labute approximate surface area is 52.0 Å². The van der Waals surface area contributed by atoms with E-state index in [1.807, 2.05) is 0 Å². The molecule has 0 saturated heterocycles. The second-order valence-electron chi connectivity index (χ2n) is 0. The standard InChI is InChI=1S/Cr.H3P.H2S.Si/h;1H3;1H2;. The minimum absolute atomic E-state index is 0. The van der Waals surface area contributed by atoms with Crippen LogP contribution in [-0.4, -0.2) is 11.0 Å². The van der Waals surface area contributed by atoms with Gasteiger partial charge in [-0.25, -0.2) is 0 Å². The molecule has 0 aliphatic rings. The molecule has 4 heteroatoms. The van der Waals surface area contributed by atoms with E-state index < -0.39 is 0 Å². The maximum Gasteiger partial charge on any atom is 0 e. The van der Waals surface area contributed by atoms with Crippen LogP contribution in [0.2, 0.25) is 0 Å². The first kappa shape index (κ1) is 48.5. The molecule has 0 bridgehead atoms. The monoisotopic (exact) mass is 148 g/mol. The predicted octanol–water partition coefficient (Wildman–Crippen LogP) is -0.212. The molecule has 0 nitrogen and oxygen atoms in total. The molecule has 26 valence electrons. The molecule has 4 heavy (non-hydrogen) atoms. The van der Waals surface area contributed by atoms with E-state index >= 15 is 0 Å². The molecule has 0 spiro atoms. The first-order chi connectivity index (χ1) is 0. The van der Waals surface area contributed by atoms with Crippen molar-refractivity contribution in [2.24, 2.45) is 0 Å². The molecule has 0 heterocycles. The van der Waals surface area contributed by atoms with Gasteiger partial charge in [-0.2, -0.15) is 23.4 Å². The summed E-state index contributed by atoms with van der Waals surface area (Å²) in [4.78, 5) is 0. The van der Waals surface area contributed by atoms with Crippen LogP contribution in [0.25, 0.3) is 0 Å². The van der Waals surface area contributed by atoms with Crippen molar-refractivity contribution in [2.75, 3.05) is 0 Å². The minimum Gasteiger partial charge on any atom is -0.197 e. The van der Waals surface area contributed by atoms with Gasteiger partial charge in [0.15, 0.2) is 0 Å². The van der Waals surface area contributed by atoms with E-state index in [9.17, 15) is 0 Å². The molecule has 0 N–H and O–H groups in total. The third-order valence-electron chi connectivity index (χ3n) is 0. The second kappa shape index (κ2) is 24.1. The van der Waals surface area contributed by atoms with Gasteiger partial charge >= 0.3 is 0 Å². The van der Waals surface area contributed by atoms with Gasteiger partial charge in [-0.15, -0.1) is 0 Å². The summed E-state index contributed by atoms with van der Waals surface area (Å²) in [7, 11) is 0. The number of hydrogen-bond acceptors (Lipinski definition) is 0. The molecule has 0 saturated carbocycles. The van der Waals surface area contributed by atoms with Crippen LogP contribution in [0, 0.1) is 0 Å². The van der Waals surface area contributed by atoms with E-state index in [0.29, 0.717) is 0 Å². The maximum absolute atomic E-state index is 0. The molecule has 1 unspecified atom stereocenters. The van der Waals surface area contributed by atoms with E-state index in [2.05, 4.69) is 0 Å². The van der Waals surface area contributed by atoms with Crippen LogP contribution in [-0.2, 0) is 17.4 Å². The zero-order chi connectivity index (χ0) is 0. The topological polar surface area (TPSA) is 0 Å². The summed E-state index contributed by atoms with van der Waals surface area (Å²) in [6.07, 6.45) is 0. The van der Waals surface area contributed by atoms with E-state index in [4.69, 9.17) is 0 Å². The second-order valence-corrected chi connectivity index (χ2v) is 0. The molecule has 0 aliphatic carbocycles. The molecule has 0 aliphatic heterocycles. The first-order valence-corrected chi connectivity index (χ1v) is 0. The van der Waals surface area contributed by atoms with Crippen molar-refractivity contribution >= 4 is 34.4 Å². The summed E-state index contributed by atoms with van der Waals surface area (Å²) in [6.45, 7) is 0. The average Bonchev–Trinajstić information content (AvgIpc) is 0. The molecule has 1 atom stereocenters. The fraction of sp³-hybridized carbons (Fsp3) is 0. The van der Waals surface area contributed by atoms with E-state index in [1.54, 1.807) is 0 Å². The zero-order valence-electron chi connectivity index (χ0n) is 2.12. The smallest absolute Gasteiger partial charge is 0 e. The van der Waals surface area contributed by atoms with Gasteiger partial charge < -0.3 is 0 Å². The Morgan fingerprint density at radius 2 is 1.00 bits per heavy atom. The van der Waals surface area contributed by atoms with Gasteiger partial charge in [0.2, 0.25) is 0 Å². The molecular formula is H5CrPSSi. The molecule has 0 aromatic heterocycles. The number of rotatable bonds is 0. The van der Waals surface area contributed by atoms with Crippen LogP contribution in [0.5, 0.6) is 0 Å². The van der Waals surface area contributed by atoms with E-state index in [-0.39, 0.29) is 51.7 Å². The normalized spacial score (nSPS) is 0. The molecule has 0 aromatic carbocycles. The Hall–Kier alpha value is 1.53. The van der Waals surface area contributed by atoms with Crippen LogP contribution in [0.3, 0.4) is 0 Å². The van der Waals surface area contributed by atoms with E-state index in [0.717, 1.165) is 0 Å². The van der Waals surface area contributed by atoms with Gasteiger partial charge in [0, 0.05) is 28.3 Å². The third kappa shape index (κ3) is 9.65. The molecule has 0 fully saturated rings. The van der Waals surface area contributed by atoms with Gasteiger partial charge in [0.05, 0.1) is 0 Å². The van der Waals surface area contributed by atoms with Gasteiger partial charge in [-0.05, 0) is 0 Å². The van der Waals surface area contributed by atoms with Crippen molar-refractivity contribution in [1.29, 1.82) is 0 Å². The van der Waals surface area contributed by atoms with Crippen molar-refractivity contribution < 1.29 is 17.4 Å². The van der Waals surface area contributed by atoms with Crippen molar-refractivity contribution in [3.8, 4) is 0 Å². The summed E-state index contributed by atoms with van der Waals surface area (Å²) in [5.74, 6) is 0. The first-order valence-electron chi connectivity index (χ1n) is 0. The Kier molecular flexibility index (Phi) is 292. The van der Waals surface area contributed by atoms with E-state index in [1.165, 1.54) is 0 Å². The van der Waals surface area contributed by atoms with Crippen LogP contribution in [0.4, 0.5) is 0 Å². The van der Waals surface area contributed by atoms with Crippen molar-refractivity contribution in [1.82, 2.24) is 0 Å². The van der Waals surface area contributed by atoms with Gasteiger partial charge in [-0.1, -0.05) is 0 Å². The van der Waals surface area contributed by atoms with Gasteiger partial charge in [0.1, 0.15) is 0 Å². The Bertz CT molecular complexity index is 8.00. The van der Waals surface area contributed by atoms with Crippen molar-refractivity contribution in [3.63, 3.8) is 0 Å². The third-order valence-corrected chi connectivity index (χ3v) is 0. The Morgan fingerprint density at radius 3 is 1.00 bits per heavy atom. The fourth-order valence-corrected chi connectivity index (χ4v) is 0. The van der Waals surface area contributed by atoms with Crippen LogP contribution in [0.15, 0.2) is 0 Å². The predicted molar refractivity (Wildman–Crippen MR) is 27.2 cm³/mol. The van der Waals surface area contributed by atoms with Crippen molar-refractivity contribution in [2.45, 2.75) is 0 Å². The van der Waals surface area contributed by atoms with Crippen molar-refractivity contribution in [3.05, 3.63) is 0 Å². The summed E-state index contributed by atoms with van der Waals surface area (Å²) in [6, 6.07) is 0. The van der Waals surface area contributed by atoms with Crippen LogP contribution < -0.4 is 0 Å². The minimum atomic E-state index is 0. The largest absolute Gasteiger partial charge is 0.197 e. The fourth-order valence-electron chi connectivity index (χ4n) is 0. The molecular weight excluding hydrogens is 143 g/mol. The van der Waals surface area contributed by atoms with Gasteiger partial charge in [-0.3, -0.25) is 0 Å². The molecule has 4 radical (unpaired) electrons. The van der Waals surface area contributed by atoms with Crippen LogP contribution in [0.1, 0.15) is 0 Å². The average molecular weight is 148 g/mol. The summed E-state index contributed by atoms with van der Waals surface area (Å²) < 4.78 is 0. The zero-order valence-corrected chi connectivity index (χ0v) is 6.80. The molecule has 0 aromatic rings. The van der Waals surface area contributed by atoms with Crippen LogP contribution >= 0.6 is 23.4 Å². The van der Waals surface area contributed by atoms with Gasteiger partial charge in [0.25, 0.3) is 0 Å². The number of hydrogen-bond donors (Lipinski definition) is 0. The Morgan fingerprint density at radius 1 is 1.00 bits per heavy atom. The Balaban J connectivity index is 0.